The molecule has 4 aromatic rings. The van der Waals surface area contributed by atoms with Gasteiger partial charge in [-0.05, 0) is 43.2 Å². The number of benzene rings is 2. The zero-order chi connectivity index (χ0) is 25.0. The monoisotopic (exact) mass is 483 g/mol. The number of anilines is 2. The molecule has 8 heteroatoms. The van der Waals surface area contributed by atoms with E-state index in [2.05, 4.69) is 43.4 Å². The predicted octanol–water partition coefficient (Wildman–Crippen LogP) is 4.56. The summed E-state index contributed by atoms with van der Waals surface area (Å²) in [6, 6.07) is 15.4. The van der Waals surface area contributed by atoms with Gasteiger partial charge < -0.3 is 24.2 Å². The van der Waals surface area contributed by atoms with Crippen molar-refractivity contribution in [2.75, 3.05) is 36.0 Å². The van der Waals surface area contributed by atoms with Crippen LogP contribution in [-0.4, -0.2) is 52.9 Å². The fraction of sp³-hybridized carbons (Fsp3) is 0.357. The van der Waals surface area contributed by atoms with Gasteiger partial charge in [0.1, 0.15) is 12.0 Å². The van der Waals surface area contributed by atoms with E-state index in [1.807, 2.05) is 39.0 Å². The van der Waals surface area contributed by atoms with Crippen LogP contribution in [0.25, 0.3) is 22.2 Å². The normalized spacial score (nSPS) is 17.3. The fourth-order valence-electron chi connectivity index (χ4n) is 5.57. The number of aromatic hydroxyl groups is 1. The largest absolute Gasteiger partial charge is 0.507 e. The Balaban J connectivity index is 1.13. The summed E-state index contributed by atoms with van der Waals surface area (Å²) in [5.74, 6) is 1.67. The maximum absolute atomic E-state index is 11.5. The Morgan fingerprint density at radius 3 is 2.50 bits per heavy atom. The average Bonchev–Trinajstić information content (AvgIpc) is 3.18. The van der Waals surface area contributed by atoms with E-state index in [-0.39, 0.29) is 23.0 Å². The first-order valence-electron chi connectivity index (χ1n) is 12.3. The molecule has 0 radical (unpaired) electrons. The van der Waals surface area contributed by atoms with Crippen LogP contribution in [0, 0.1) is 18.3 Å². The highest BCUT2D eigenvalue weighted by Gasteiger charge is 2.53. The van der Waals surface area contributed by atoms with Crippen molar-refractivity contribution in [3.05, 3.63) is 59.9 Å². The molecule has 4 heterocycles. The molecule has 0 amide bonds. The average molecular weight is 484 g/mol. The minimum atomic E-state index is -0.258. The van der Waals surface area contributed by atoms with E-state index in [1.165, 1.54) is 0 Å². The van der Waals surface area contributed by atoms with Crippen molar-refractivity contribution in [1.82, 2.24) is 15.4 Å². The molecule has 2 aliphatic heterocycles. The molecular formula is C28H29N5O3. The second-order valence-electron chi connectivity index (χ2n) is 10.6. The van der Waals surface area contributed by atoms with Crippen molar-refractivity contribution < 1.29 is 14.4 Å². The first kappa shape index (κ1) is 22.5. The van der Waals surface area contributed by atoms with Gasteiger partial charge in [-0.3, -0.25) is 0 Å². The molecule has 1 unspecified atom stereocenters. The van der Waals surface area contributed by atoms with Crippen LogP contribution >= 0.6 is 0 Å². The number of rotatable bonds is 6. The predicted molar refractivity (Wildman–Crippen MR) is 138 cm³/mol. The van der Waals surface area contributed by atoms with Crippen LogP contribution < -0.4 is 9.80 Å². The molecule has 2 saturated heterocycles. The molecule has 2 aromatic carbocycles. The van der Waals surface area contributed by atoms with Gasteiger partial charge in [0.25, 0.3) is 0 Å². The number of para-hydroxylation sites is 1. The Labute approximate surface area is 209 Å². The number of carbonyl (C=O) groups is 1. The van der Waals surface area contributed by atoms with Gasteiger partial charge in [-0.15, -0.1) is 10.2 Å². The van der Waals surface area contributed by atoms with Gasteiger partial charge in [0.05, 0.1) is 17.1 Å². The Hall–Kier alpha value is -3.94. The van der Waals surface area contributed by atoms with E-state index in [0.717, 1.165) is 60.4 Å². The second-order valence-corrected chi connectivity index (χ2v) is 10.6. The van der Waals surface area contributed by atoms with Gasteiger partial charge >= 0.3 is 0 Å². The second kappa shape index (κ2) is 8.33. The molecule has 184 valence electrons. The third-order valence-corrected chi connectivity index (χ3v) is 7.62. The van der Waals surface area contributed by atoms with Crippen molar-refractivity contribution in [2.45, 2.75) is 26.7 Å². The van der Waals surface area contributed by atoms with E-state index in [1.54, 1.807) is 12.1 Å². The highest BCUT2D eigenvalue weighted by molar-refractivity contribution is 5.85. The van der Waals surface area contributed by atoms with E-state index in [4.69, 9.17) is 4.52 Å². The molecule has 0 bridgehead atoms. The summed E-state index contributed by atoms with van der Waals surface area (Å²) in [6.07, 6.45) is 0.962. The van der Waals surface area contributed by atoms with Gasteiger partial charge in [0.2, 0.25) is 0 Å². The standard InChI is InChI=1S/C28H29N5O3/c1-17(2)22(12-34)26-18(3)27(31-36-26)33-15-28(16-33)13-32(14-28)20-9-8-19-10-24(30-29-23(19)11-20)21-6-4-5-7-25(21)35/h4-12,17,22,35H,13-16H2,1-3H3. The number of hydrogen-bond donors (Lipinski definition) is 1. The first-order valence-corrected chi connectivity index (χ1v) is 12.3. The lowest BCUT2D eigenvalue weighted by molar-refractivity contribution is -0.110. The fourth-order valence-corrected chi connectivity index (χ4v) is 5.57. The van der Waals surface area contributed by atoms with E-state index in [0.29, 0.717) is 17.0 Å². The van der Waals surface area contributed by atoms with Crippen LogP contribution in [0.3, 0.4) is 0 Å². The van der Waals surface area contributed by atoms with Crippen molar-refractivity contribution in [3.63, 3.8) is 0 Å². The summed E-state index contributed by atoms with van der Waals surface area (Å²) >= 11 is 0. The molecule has 0 aliphatic carbocycles. The summed E-state index contributed by atoms with van der Waals surface area (Å²) in [5, 5.41) is 24.2. The molecule has 8 nitrogen and oxygen atoms in total. The number of phenolic OH excluding ortho intramolecular Hbond substituents is 1. The summed E-state index contributed by atoms with van der Waals surface area (Å²) in [4.78, 5) is 16.2. The molecular weight excluding hydrogens is 454 g/mol. The molecule has 1 atom stereocenters. The quantitative estimate of drug-likeness (QED) is 0.399. The number of carbonyl (C=O) groups excluding carboxylic acids is 1. The lowest BCUT2D eigenvalue weighted by Gasteiger charge is -2.61. The van der Waals surface area contributed by atoms with Gasteiger partial charge in [0, 0.05) is 53.8 Å². The number of aromatic nitrogens is 3. The molecule has 36 heavy (non-hydrogen) atoms. The summed E-state index contributed by atoms with van der Waals surface area (Å²) < 4.78 is 5.60. The molecule has 1 N–H and O–H groups in total. The maximum Gasteiger partial charge on any atom is 0.175 e. The third-order valence-electron chi connectivity index (χ3n) is 7.62. The Bertz CT molecular complexity index is 1450. The molecule has 2 aromatic heterocycles. The highest BCUT2D eigenvalue weighted by Crippen LogP contribution is 2.45. The molecule has 6 rings (SSSR count). The molecule has 2 aliphatic rings. The van der Waals surface area contributed by atoms with E-state index in [9.17, 15) is 9.90 Å². The Kier molecular flexibility index (Phi) is 5.21. The number of nitrogens with zero attached hydrogens (tertiary/aromatic N) is 5. The summed E-state index contributed by atoms with van der Waals surface area (Å²) in [5.41, 5.74) is 4.54. The van der Waals surface area contributed by atoms with E-state index < -0.39 is 0 Å². The zero-order valence-electron chi connectivity index (χ0n) is 20.7. The lowest BCUT2D eigenvalue weighted by Crippen LogP contribution is -2.72. The van der Waals surface area contributed by atoms with Crippen LogP contribution in [0.2, 0.25) is 0 Å². The zero-order valence-corrected chi connectivity index (χ0v) is 20.7. The molecule has 1 spiro atoms. The lowest BCUT2D eigenvalue weighted by atomic mass is 9.72. The summed E-state index contributed by atoms with van der Waals surface area (Å²) in [7, 11) is 0. The van der Waals surface area contributed by atoms with Crippen LogP contribution in [0.1, 0.15) is 31.1 Å². The van der Waals surface area contributed by atoms with Gasteiger partial charge in [-0.25, -0.2) is 0 Å². The van der Waals surface area contributed by atoms with E-state index >= 15 is 0 Å². The Morgan fingerprint density at radius 2 is 1.78 bits per heavy atom. The molecule has 2 fully saturated rings. The Morgan fingerprint density at radius 1 is 1.03 bits per heavy atom. The number of hydrogen-bond acceptors (Lipinski definition) is 8. The smallest absolute Gasteiger partial charge is 0.175 e. The minimum Gasteiger partial charge on any atom is -0.507 e. The number of fused-ring (bicyclic) bond motifs is 1. The topological polar surface area (TPSA) is 95.6 Å². The van der Waals surface area contributed by atoms with Gasteiger partial charge in [0.15, 0.2) is 11.6 Å². The summed E-state index contributed by atoms with van der Waals surface area (Å²) in [6.45, 7) is 9.86. The van der Waals surface area contributed by atoms with Crippen LogP contribution in [0.4, 0.5) is 11.5 Å². The van der Waals surface area contributed by atoms with Crippen LogP contribution in [0.15, 0.2) is 53.1 Å². The maximum atomic E-state index is 11.5. The van der Waals surface area contributed by atoms with Crippen molar-refractivity contribution in [2.24, 2.45) is 11.3 Å². The van der Waals surface area contributed by atoms with Gasteiger partial charge in [-0.2, -0.15) is 0 Å². The SMILES string of the molecule is Cc1c(N2CC3(CN(c4ccc5cc(-c6ccccc6O)nnc5c4)C3)C2)noc1C(C=O)C(C)C. The highest BCUT2D eigenvalue weighted by atomic mass is 16.5. The number of phenols is 1. The van der Waals surface area contributed by atoms with Crippen molar-refractivity contribution in [1.29, 1.82) is 0 Å². The third kappa shape index (κ3) is 3.59. The van der Waals surface area contributed by atoms with Crippen molar-refractivity contribution in [3.8, 4) is 17.0 Å². The first-order chi connectivity index (χ1) is 17.4. The van der Waals surface area contributed by atoms with Crippen molar-refractivity contribution >= 4 is 28.7 Å². The van der Waals surface area contributed by atoms with Crippen LogP contribution in [-0.2, 0) is 4.79 Å². The minimum absolute atomic E-state index is 0.175. The van der Waals surface area contributed by atoms with Gasteiger partial charge in [-0.1, -0.05) is 37.2 Å². The van der Waals surface area contributed by atoms with Crippen LogP contribution in [0.5, 0.6) is 5.75 Å². The number of aldehydes is 1. The molecule has 0 saturated carbocycles.